The summed E-state index contributed by atoms with van der Waals surface area (Å²) in [5.41, 5.74) is 7.74. The molecule has 0 amide bonds. The maximum absolute atomic E-state index is 11.0. The molecule has 0 heterocycles. The summed E-state index contributed by atoms with van der Waals surface area (Å²) in [4.78, 5) is 11.0. The lowest BCUT2D eigenvalue weighted by molar-refractivity contribution is -0.110. The summed E-state index contributed by atoms with van der Waals surface area (Å²) >= 11 is 0. The standard InChI is InChI=1S/C10H9NO/c11-10-3-1-2-7-4-5-8(12)6-9(7)10/h1-6,10H,11H2. The van der Waals surface area contributed by atoms with E-state index in [9.17, 15) is 4.79 Å². The third kappa shape index (κ3) is 1.06. The summed E-state index contributed by atoms with van der Waals surface area (Å²) in [5, 5.41) is 0. The number of carbonyl (C=O) groups excluding carboxylic acids is 1. The molecular weight excluding hydrogens is 150 g/mol. The molecule has 60 valence electrons. The van der Waals surface area contributed by atoms with Gasteiger partial charge in [-0.3, -0.25) is 4.79 Å². The van der Waals surface area contributed by atoms with E-state index < -0.39 is 0 Å². The molecule has 0 spiro atoms. The molecule has 2 aliphatic rings. The highest BCUT2D eigenvalue weighted by molar-refractivity contribution is 6.02. The molecule has 12 heavy (non-hydrogen) atoms. The lowest BCUT2D eigenvalue weighted by atomic mass is 9.90. The van der Waals surface area contributed by atoms with Crippen molar-refractivity contribution < 1.29 is 4.79 Å². The topological polar surface area (TPSA) is 43.1 Å². The predicted octanol–water partition coefficient (Wildman–Crippen LogP) is 0.875. The van der Waals surface area contributed by atoms with Crippen molar-refractivity contribution in [2.75, 3.05) is 0 Å². The molecule has 2 rings (SSSR count). The minimum atomic E-state index is -0.126. The normalized spacial score (nSPS) is 26.4. The number of hydrogen-bond donors (Lipinski definition) is 1. The molecule has 0 aromatic heterocycles. The molecule has 0 fully saturated rings. The Kier molecular flexibility index (Phi) is 1.55. The fraction of sp³-hybridized carbons (Fsp3) is 0.100. The number of rotatable bonds is 0. The van der Waals surface area contributed by atoms with Gasteiger partial charge in [0.15, 0.2) is 5.78 Å². The van der Waals surface area contributed by atoms with Crippen molar-refractivity contribution in [1.82, 2.24) is 0 Å². The Morgan fingerprint density at radius 3 is 3.00 bits per heavy atom. The lowest BCUT2D eigenvalue weighted by Crippen LogP contribution is -2.24. The van der Waals surface area contributed by atoms with Crippen molar-refractivity contribution in [3.8, 4) is 0 Å². The van der Waals surface area contributed by atoms with Crippen LogP contribution >= 0.6 is 0 Å². The van der Waals surface area contributed by atoms with Gasteiger partial charge in [-0.25, -0.2) is 0 Å². The summed E-state index contributed by atoms with van der Waals surface area (Å²) in [6.45, 7) is 0. The Morgan fingerprint density at radius 2 is 2.17 bits per heavy atom. The molecule has 1 atom stereocenters. The predicted molar refractivity (Wildman–Crippen MR) is 47.4 cm³/mol. The zero-order valence-corrected chi connectivity index (χ0v) is 6.53. The average molecular weight is 159 g/mol. The minimum absolute atomic E-state index is 0.0212. The second kappa shape index (κ2) is 2.57. The molecule has 2 heteroatoms. The van der Waals surface area contributed by atoms with Gasteiger partial charge >= 0.3 is 0 Å². The van der Waals surface area contributed by atoms with Crippen LogP contribution in [0.1, 0.15) is 0 Å². The lowest BCUT2D eigenvalue weighted by Gasteiger charge is -2.18. The van der Waals surface area contributed by atoms with E-state index >= 15 is 0 Å². The molecule has 0 saturated heterocycles. The van der Waals surface area contributed by atoms with Crippen LogP contribution in [0.4, 0.5) is 0 Å². The number of hydrogen-bond acceptors (Lipinski definition) is 2. The summed E-state index contributed by atoms with van der Waals surface area (Å²) < 4.78 is 0. The van der Waals surface area contributed by atoms with E-state index in [-0.39, 0.29) is 11.8 Å². The summed E-state index contributed by atoms with van der Waals surface area (Å²) in [7, 11) is 0. The van der Waals surface area contributed by atoms with Crippen molar-refractivity contribution in [3.63, 3.8) is 0 Å². The van der Waals surface area contributed by atoms with E-state index in [4.69, 9.17) is 5.73 Å². The van der Waals surface area contributed by atoms with E-state index in [0.717, 1.165) is 11.1 Å². The zero-order chi connectivity index (χ0) is 8.55. The van der Waals surface area contributed by atoms with Crippen LogP contribution in [0.2, 0.25) is 0 Å². The second-order valence-electron chi connectivity index (χ2n) is 2.87. The number of carbonyl (C=O) groups is 1. The van der Waals surface area contributed by atoms with E-state index in [1.807, 2.05) is 18.2 Å². The Hall–Kier alpha value is -1.41. The molecule has 0 radical (unpaired) electrons. The van der Waals surface area contributed by atoms with Crippen LogP contribution in [-0.2, 0) is 4.79 Å². The minimum Gasteiger partial charge on any atom is -0.321 e. The van der Waals surface area contributed by atoms with Crippen molar-refractivity contribution in [1.29, 1.82) is 0 Å². The number of nitrogens with two attached hydrogens (primary N) is 1. The molecule has 2 nitrogen and oxygen atoms in total. The molecule has 0 aromatic rings. The number of allylic oxidation sites excluding steroid dienone is 5. The SMILES string of the molecule is NC1C=CC=C2C=CC(=O)C=C21. The van der Waals surface area contributed by atoms with Crippen LogP contribution < -0.4 is 5.73 Å². The Bertz CT molecular complexity index is 345. The molecule has 0 aromatic carbocycles. The fourth-order valence-electron chi connectivity index (χ4n) is 1.38. The summed E-state index contributed by atoms with van der Waals surface area (Å²) in [5.74, 6) is 0.0212. The van der Waals surface area contributed by atoms with Crippen LogP contribution in [0.25, 0.3) is 0 Å². The van der Waals surface area contributed by atoms with Gasteiger partial charge in [0.25, 0.3) is 0 Å². The first-order valence-corrected chi connectivity index (χ1v) is 3.85. The van der Waals surface area contributed by atoms with Crippen molar-refractivity contribution in [2.45, 2.75) is 6.04 Å². The third-order valence-corrected chi connectivity index (χ3v) is 2.01. The molecule has 1 unspecified atom stereocenters. The van der Waals surface area contributed by atoms with Gasteiger partial charge in [-0.15, -0.1) is 0 Å². The molecular formula is C10H9NO. The van der Waals surface area contributed by atoms with Gasteiger partial charge in [-0.05, 0) is 23.3 Å². The molecule has 0 aliphatic heterocycles. The van der Waals surface area contributed by atoms with Gasteiger partial charge in [-0.2, -0.15) is 0 Å². The van der Waals surface area contributed by atoms with Crippen LogP contribution in [0.5, 0.6) is 0 Å². The maximum atomic E-state index is 11.0. The van der Waals surface area contributed by atoms with E-state index in [2.05, 4.69) is 0 Å². The van der Waals surface area contributed by atoms with Gasteiger partial charge in [0.05, 0.1) is 0 Å². The van der Waals surface area contributed by atoms with E-state index in [1.54, 1.807) is 18.2 Å². The quantitative estimate of drug-likeness (QED) is 0.570. The van der Waals surface area contributed by atoms with Crippen molar-refractivity contribution in [3.05, 3.63) is 47.6 Å². The van der Waals surface area contributed by atoms with Gasteiger partial charge in [0.2, 0.25) is 0 Å². The Labute approximate surface area is 70.8 Å². The van der Waals surface area contributed by atoms with Gasteiger partial charge in [-0.1, -0.05) is 24.3 Å². The summed E-state index contributed by atoms with van der Waals surface area (Å²) in [6.07, 6.45) is 10.7. The highest BCUT2D eigenvalue weighted by Gasteiger charge is 2.16. The van der Waals surface area contributed by atoms with Crippen LogP contribution in [0, 0.1) is 0 Å². The maximum Gasteiger partial charge on any atom is 0.179 e. The van der Waals surface area contributed by atoms with E-state index in [0.29, 0.717) is 0 Å². The Morgan fingerprint density at radius 1 is 1.33 bits per heavy atom. The zero-order valence-electron chi connectivity index (χ0n) is 6.53. The highest BCUT2D eigenvalue weighted by Crippen LogP contribution is 2.22. The van der Waals surface area contributed by atoms with Gasteiger partial charge in [0, 0.05) is 6.04 Å². The van der Waals surface area contributed by atoms with E-state index in [1.165, 1.54) is 0 Å². The molecule has 2 N–H and O–H groups in total. The average Bonchev–Trinajstić information content (AvgIpc) is 2.07. The van der Waals surface area contributed by atoms with Crippen LogP contribution in [0.15, 0.2) is 47.6 Å². The smallest absolute Gasteiger partial charge is 0.179 e. The van der Waals surface area contributed by atoms with Crippen LogP contribution in [0.3, 0.4) is 0 Å². The largest absolute Gasteiger partial charge is 0.321 e. The Balaban J connectivity index is 2.46. The summed E-state index contributed by atoms with van der Waals surface area (Å²) in [6, 6.07) is -0.126. The highest BCUT2D eigenvalue weighted by atomic mass is 16.1. The van der Waals surface area contributed by atoms with Crippen LogP contribution in [-0.4, -0.2) is 11.8 Å². The number of fused-ring (bicyclic) bond motifs is 1. The first-order chi connectivity index (χ1) is 5.77. The monoisotopic (exact) mass is 159 g/mol. The first kappa shape index (κ1) is 7.25. The van der Waals surface area contributed by atoms with Crippen molar-refractivity contribution in [2.24, 2.45) is 5.73 Å². The molecule has 0 saturated carbocycles. The molecule has 0 bridgehead atoms. The molecule has 2 aliphatic carbocycles. The third-order valence-electron chi connectivity index (χ3n) is 2.01. The van der Waals surface area contributed by atoms with Gasteiger partial charge in [0.1, 0.15) is 0 Å². The van der Waals surface area contributed by atoms with Crippen molar-refractivity contribution >= 4 is 5.78 Å². The first-order valence-electron chi connectivity index (χ1n) is 3.85. The number of ketones is 1. The van der Waals surface area contributed by atoms with Gasteiger partial charge < -0.3 is 5.73 Å². The second-order valence-corrected chi connectivity index (χ2v) is 2.87. The fourth-order valence-corrected chi connectivity index (χ4v) is 1.38.